The fraction of sp³-hybridized carbons (Fsp3) is 0.600. The van der Waals surface area contributed by atoms with Crippen LogP contribution in [0.2, 0.25) is 0 Å². The number of aromatic nitrogens is 1. The van der Waals surface area contributed by atoms with E-state index in [1.165, 1.54) is 24.1 Å². The second kappa shape index (κ2) is 4.45. The summed E-state index contributed by atoms with van der Waals surface area (Å²) in [6, 6.07) is 0.782. The van der Waals surface area contributed by atoms with E-state index < -0.39 is 23.1 Å². The number of hydrogen-bond donors (Lipinski definition) is 0. The van der Waals surface area contributed by atoms with Crippen molar-refractivity contribution in [2.45, 2.75) is 51.1 Å². The minimum Gasteiger partial charge on any atom is -0.332 e. The zero-order chi connectivity index (χ0) is 15.4. The topological polar surface area (TPSA) is 33.2 Å². The number of carbonyl (C=O) groups is 1. The number of carbonyl (C=O) groups excluding carboxylic acids is 1. The summed E-state index contributed by atoms with van der Waals surface area (Å²) in [6.45, 7) is 2.13. The normalized spacial score (nSPS) is 32.6. The number of amides is 1. The number of hydrogen-bond acceptors (Lipinski definition) is 2. The minimum atomic E-state index is -3.07. The summed E-state index contributed by atoms with van der Waals surface area (Å²) < 4.78 is 41.0. The lowest BCUT2D eigenvalue weighted by Crippen LogP contribution is -2.44. The number of pyridine rings is 1. The number of fused-ring (bicyclic) bond motifs is 1. The molecule has 6 heteroatoms. The molecule has 21 heavy (non-hydrogen) atoms. The molecule has 1 aromatic heterocycles. The van der Waals surface area contributed by atoms with E-state index in [0.717, 1.165) is 13.1 Å². The average molecular weight is 298 g/mol. The average Bonchev–Trinajstić information content (AvgIpc) is 2.89. The molecule has 0 aromatic carbocycles. The Kier molecular flexibility index (Phi) is 3.04. The Morgan fingerprint density at radius 1 is 1.38 bits per heavy atom. The van der Waals surface area contributed by atoms with Crippen molar-refractivity contribution in [1.82, 2.24) is 9.88 Å². The lowest BCUT2D eigenvalue weighted by molar-refractivity contribution is -0.156. The molecule has 3 rings (SSSR count). The van der Waals surface area contributed by atoms with Gasteiger partial charge in [0.15, 0.2) is 0 Å². The van der Waals surface area contributed by atoms with E-state index in [1.54, 1.807) is 0 Å². The summed E-state index contributed by atoms with van der Waals surface area (Å²) in [6.07, 6.45) is 4.06. The van der Waals surface area contributed by atoms with Crippen LogP contribution in [0.1, 0.15) is 44.7 Å². The van der Waals surface area contributed by atoms with Crippen molar-refractivity contribution in [3.05, 3.63) is 29.8 Å². The van der Waals surface area contributed by atoms with E-state index in [2.05, 4.69) is 4.98 Å². The van der Waals surface area contributed by atoms with Crippen molar-refractivity contribution >= 4 is 5.91 Å². The van der Waals surface area contributed by atoms with E-state index in [1.807, 2.05) is 0 Å². The standard InChI is InChI=1S/C15H17F3N2O/c1-14(15(2,17)18)6-11-3-4-12(20(11)13(14)21)9-5-10(16)8-19-7-9/h5,7-8,11-12H,3-4,6H2,1-2H3/t11-,12-,14+/m0/s1. The molecule has 3 heterocycles. The zero-order valence-corrected chi connectivity index (χ0v) is 11.9. The van der Waals surface area contributed by atoms with Gasteiger partial charge in [0.2, 0.25) is 5.91 Å². The van der Waals surface area contributed by atoms with Crippen molar-refractivity contribution in [2.24, 2.45) is 5.41 Å². The highest BCUT2D eigenvalue weighted by molar-refractivity contribution is 5.87. The van der Waals surface area contributed by atoms with Crippen LogP contribution in [0.4, 0.5) is 13.2 Å². The van der Waals surface area contributed by atoms with Crippen LogP contribution in [0.15, 0.2) is 18.5 Å². The van der Waals surface area contributed by atoms with Gasteiger partial charge in [-0.05, 0) is 37.8 Å². The molecule has 2 fully saturated rings. The molecular formula is C15H17F3N2O. The van der Waals surface area contributed by atoms with Gasteiger partial charge in [-0.25, -0.2) is 13.2 Å². The van der Waals surface area contributed by atoms with Gasteiger partial charge >= 0.3 is 0 Å². The molecule has 1 aromatic rings. The van der Waals surface area contributed by atoms with Gasteiger partial charge in [-0.15, -0.1) is 0 Å². The molecule has 2 saturated heterocycles. The highest BCUT2D eigenvalue weighted by Crippen LogP contribution is 2.54. The summed E-state index contributed by atoms with van der Waals surface area (Å²) in [5, 5.41) is 0. The van der Waals surface area contributed by atoms with E-state index in [4.69, 9.17) is 0 Å². The van der Waals surface area contributed by atoms with Crippen molar-refractivity contribution in [1.29, 1.82) is 0 Å². The van der Waals surface area contributed by atoms with Gasteiger partial charge in [-0.3, -0.25) is 9.78 Å². The highest BCUT2D eigenvalue weighted by atomic mass is 19.3. The minimum absolute atomic E-state index is 0.147. The van der Waals surface area contributed by atoms with Gasteiger partial charge in [-0.1, -0.05) is 0 Å². The van der Waals surface area contributed by atoms with Crippen LogP contribution in [0.3, 0.4) is 0 Å². The second-order valence-electron chi connectivity index (χ2n) is 6.32. The van der Waals surface area contributed by atoms with Crippen LogP contribution in [0.25, 0.3) is 0 Å². The summed E-state index contributed by atoms with van der Waals surface area (Å²) >= 11 is 0. The maximum atomic E-state index is 13.8. The first-order chi connectivity index (χ1) is 9.74. The molecule has 0 N–H and O–H groups in total. The summed E-state index contributed by atoms with van der Waals surface area (Å²) in [4.78, 5) is 17.9. The summed E-state index contributed by atoms with van der Waals surface area (Å²) in [5.41, 5.74) is -1.09. The molecule has 3 nitrogen and oxygen atoms in total. The molecule has 1 amide bonds. The third-order valence-electron chi connectivity index (χ3n) is 4.93. The van der Waals surface area contributed by atoms with E-state index in [0.29, 0.717) is 18.4 Å². The molecular weight excluding hydrogens is 281 g/mol. The smallest absolute Gasteiger partial charge is 0.259 e. The molecule has 0 spiro atoms. The molecule has 0 radical (unpaired) electrons. The van der Waals surface area contributed by atoms with Crippen LogP contribution in [0.5, 0.6) is 0 Å². The number of rotatable bonds is 2. The summed E-state index contributed by atoms with van der Waals surface area (Å²) in [5.74, 6) is -4.09. The van der Waals surface area contributed by atoms with Crippen LogP contribution < -0.4 is 0 Å². The van der Waals surface area contributed by atoms with Gasteiger partial charge in [0.05, 0.1) is 12.2 Å². The Bertz CT molecular complexity index is 587. The van der Waals surface area contributed by atoms with Crippen molar-refractivity contribution in [3.8, 4) is 0 Å². The van der Waals surface area contributed by atoms with Crippen molar-refractivity contribution in [2.75, 3.05) is 0 Å². The number of nitrogens with zero attached hydrogens (tertiary/aromatic N) is 2. The lowest BCUT2D eigenvalue weighted by Gasteiger charge is -2.31. The molecule has 2 aliphatic rings. The predicted molar refractivity (Wildman–Crippen MR) is 70.1 cm³/mol. The van der Waals surface area contributed by atoms with Crippen LogP contribution in [0, 0.1) is 11.2 Å². The fourth-order valence-electron chi connectivity index (χ4n) is 3.54. The van der Waals surface area contributed by atoms with Crippen molar-refractivity contribution < 1.29 is 18.0 Å². The van der Waals surface area contributed by atoms with Crippen LogP contribution in [-0.2, 0) is 4.79 Å². The van der Waals surface area contributed by atoms with Crippen molar-refractivity contribution in [3.63, 3.8) is 0 Å². The maximum absolute atomic E-state index is 13.8. The first kappa shape index (κ1) is 14.4. The number of alkyl halides is 2. The molecule has 3 atom stereocenters. The van der Waals surface area contributed by atoms with Crippen LogP contribution in [-0.4, -0.2) is 27.8 Å². The molecule has 0 saturated carbocycles. The van der Waals surface area contributed by atoms with Gasteiger partial charge in [-0.2, -0.15) is 0 Å². The van der Waals surface area contributed by atoms with Gasteiger partial charge in [0.25, 0.3) is 5.92 Å². The monoisotopic (exact) mass is 298 g/mol. The lowest BCUT2D eigenvalue weighted by atomic mass is 9.80. The predicted octanol–water partition coefficient (Wildman–Crippen LogP) is 3.32. The number of halogens is 3. The largest absolute Gasteiger partial charge is 0.332 e. The Labute approximate surface area is 121 Å². The first-order valence-electron chi connectivity index (χ1n) is 7.05. The molecule has 0 aliphatic carbocycles. The quantitative estimate of drug-likeness (QED) is 0.839. The Hall–Kier alpha value is -1.59. The second-order valence-corrected chi connectivity index (χ2v) is 6.32. The SMILES string of the molecule is CC(F)(F)[C@]1(C)C[C@@H]2CC[C@@H](c3cncc(F)c3)N2C1=O. The molecule has 0 unspecified atom stereocenters. The highest BCUT2D eigenvalue weighted by Gasteiger charge is 2.62. The maximum Gasteiger partial charge on any atom is 0.259 e. The Morgan fingerprint density at radius 2 is 2.10 bits per heavy atom. The molecule has 2 aliphatic heterocycles. The van der Waals surface area contributed by atoms with E-state index in [-0.39, 0.29) is 18.5 Å². The van der Waals surface area contributed by atoms with Gasteiger partial charge in [0.1, 0.15) is 11.2 Å². The summed E-state index contributed by atoms with van der Waals surface area (Å²) in [7, 11) is 0. The first-order valence-corrected chi connectivity index (χ1v) is 7.05. The fourth-order valence-corrected chi connectivity index (χ4v) is 3.54. The third kappa shape index (κ3) is 2.03. The van der Waals surface area contributed by atoms with E-state index >= 15 is 0 Å². The zero-order valence-electron chi connectivity index (χ0n) is 11.9. The Morgan fingerprint density at radius 3 is 2.71 bits per heavy atom. The molecule has 114 valence electrons. The molecule has 0 bridgehead atoms. The van der Waals surface area contributed by atoms with E-state index in [9.17, 15) is 18.0 Å². The third-order valence-corrected chi connectivity index (χ3v) is 4.93. The van der Waals surface area contributed by atoms with Gasteiger partial charge in [0, 0.05) is 19.2 Å². The Balaban J connectivity index is 1.95. The van der Waals surface area contributed by atoms with Gasteiger partial charge < -0.3 is 4.90 Å². The van der Waals surface area contributed by atoms with Crippen LogP contribution >= 0.6 is 0 Å².